The molecular formula is C23H33Cl2NO3. The summed E-state index contributed by atoms with van der Waals surface area (Å²) in [5.74, 6) is 0.355. The molecule has 0 bridgehead atoms. The van der Waals surface area contributed by atoms with Crippen LogP contribution in [0.4, 0.5) is 4.79 Å². The molecule has 1 heterocycles. The molecule has 1 amide bonds. The van der Waals surface area contributed by atoms with Gasteiger partial charge in [-0.25, -0.2) is 4.79 Å². The number of nitrogens with zero attached hydrogens (tertiary/aromatic N) is 1. The van der Waals surface area contributed by atoms with Crippen molar-refractivity contribution in [2.45, 2.75) is 76.4 Å². The van der Waals surface area contributed by atoms with Crippen molar-refractivity contribution in [2.24, 2.45) is 5.92 Å². The first-order chi connectivity index (χ1) is 13.5. The number of likely N-dealkylation sites (tertiary alicyclic amines) is 1. The minimum Gasteiger partial charge on any atom is -0.444 e. The number of hydrogen-bond donors (Lipinski definition) is 0. The number of hydrogen-bond acceptors (Lipinski definition) is 3. The van der Waals surface area contributed by atoms with Crippen LogP contribution >= 0.6 is 23.2 Å². The van der Waals surface area contributed by atoms with Gasteiger partial charge in [0.2, 0.25) is 0 Å². The monoisotopic (exact) mass is 441 g/mol. The molecule has 3 rings (SSSR count). The number of methoxy groups -OCH3 is 1. The Labute approximate surface area is 184 Å². The van der Waals surface area contributed by atoms with E-state index in [1.165, 1.54) is 5.56 Å². The number of amides is 1. The molecule has 2 aliphatic rings. The van der Waals surface area contributed by atoms with Crippen molar-refractivity contribution in [3.05, 3.63) is 33.8 Å². The van der Waals surface area contributed by atoms with E-state index in [-0.39, 0.29) is 17.1 Å². The predicted octanol–water partition coefficient (Wildman–Crippen LogP) is 6.47. The van der Waals surface area contributed by atoms with E-state index in [9.17, 15) is 4.79 Å². The van der Waals surface area contributed by atoms with Crippen LogP contribution in [0, 0.1) is 5.92 Å². The molecule has 6 heteroatoms. The second-order valence-electron chi connectivity index (χ2n) is 9.85. The summed E-state index contributed by atoms with van der Waals surface area (Å²) in [4.78, 5) is 14.5. The Bertz CT molecular complexity index is 751. The lowest BCUT2D eigenvalue weighted by atomic mass is 9.59. The molecule has 162 valence electrons. The topological polar surface area (TPSA) is 38.8 Å². The predicted molar refractivity (Wildman–Crippen MR) is 118 cm³/mol. The number of carbonyl (C=O) groups is 1. The third-order valence-electron chi connectivity index (χ3n) is 6.81. The highest BCUT2D eigenvalue weighted by Gasteiger charge is 2.49. The first-order valence-electron chi connectivity index (χ1n) is 10.5. The fourth-order valence-corrected chi connectivity index (χ4v) is 5.17. The van der Waals surface area contributed by atoms with Crippen LogP contribution in [0.1, 0.15) is 65.4 Å². The van der Waals surface area contributed by atoms with Crippen LogP contribution in [0.25, 0.3) is 0 Å². The molecule has 4 nitrogen and oxygen atoms in total. The van der Waals surface area contributed by atoms with E-state index >= 15 is 0 Å². The van der Waals surface area contributed by atoms with Crippen LogP contribution in [-0.2, 0) is 14.9 Å². The average Bonchev–Trinajstić information content (AvgIpc) is 3.14. The Hall–Kier alpha value is -0.970. The van der Waals surface area contributed by atoms with Crippen LogP contribution in [-0.4, -0.2) is 42.4 Å². The number of carbonyl (C=O) groups excluding carboxylic acids is 1. The molecule has 0 unspecified atom stereocenters. The minimum atomic E-state index is -0.484. The zero-order chi connectivity index (χ0) is 21.4. The summed E-state index contributed by atoms with van der Waals surface area (Å²) in [7, 11) is 1.80. The van der Waals surface area contributed by atoms with Crippen molar-refractivity contribution in [1.29, 1.82) is 0 Å². The van der Waals surface area contributed by atoms with E-state index in [0.29, 0.717) is 22.5 Å². The van der Waals surface area contributed by atoms with Crippen molar-refractivity contribution in [3.63, 3.8) is 0 Å². The maximum absolute atomic E-state index is 12.6. The van der Waals surface area contributed by atoms with Crippen molar-refractivity contribution < 1.29 is 14.3 Å². The molecule has 1 atom stereocenters. The molecular weight excluding hydrogens is 409 g/mol. The summed E-state index contributed by atoms with van der Waals surface area (Å²) >= 11 is 12.6. The summed E-state index contributed by atoms with van der Waals surface area (Å²) < 4.78 is 11.4. The van der Waals surface area contributed by atoms with Gasteiger partial charge in [0.25, 0.3) is 0 Å². The smallest absolute Gasteiger partial charge is 0.410 e. The third-order valence-corrected chi connectivity index (χ3v) is 7.55. The summed E-state index contributed by atoms with van der Waals surface area (Å²) in [5.41, 5.74) is 0.606. The fourth-order valence-electron chi connectivity index (χ4n) is 4.87. The highest BCUT2D eigenvalue weighted by Crippen LogP contribution is 2.52. The first-order valence-corrected chi connectivity index (χ1v) is 11.2. The maximum Gasteiger partial charge on any atom is 0.410 e. The highest BCUT2D eigenvalue weighted by molar-refractivity contribution is 6.42. The Morgan fingerprint density at radius 2 is 1.79 bits per heavy atom. The second kappa shape index (κ2) is 8.28. The third kappa shape index (κ3) is 4.86. The van der Waals surface area contributed by atoms with Gasteiger partial charge in [-0.3, -0.25) is 0 Å². The SMILES string of the molecule is CO[C@]1(C)CC[C@](c2ccc(Cl)c(Cl)c2)([C@@H]2CCN(C(=O)OC(C)(C)C)C2)CC1. The lowest BCUT2D eigenvalue weighted by molar-refractivity contribution is -0.0474. The molecule has 1 aromatic rings. The van der Waals surface area contributed by atoms with Crippen molar-refractivity contribution in [1.82, 2.24) is 4.90 Å². The molecule has 1 aliphatic carbocycles. The van der Waals surface area contributed by atoms with E-state index in [2.05, 4.69) is 13.0 Å². The quantitative estimate of drug-likeness (QED) is 0.539. The van der Waals surface area contributed by atoms with Crippen molar-refractivity contribution in [3.8, 4) is 0 Å². The van der Waals surface area contributed by atoms with E-state index in [1.807, 2.05) is 37.8 Å². The van der Waals surface area contributed by atoms with Crippen LogP contribution in [0.2, 0.25) is 10.0 Å². The molecule has 0 N–H and O–H groups in total. The number of rotatable bonds is 3. The maximum atomic E-state index is 12.6. The van der Waals surface area contributed by atoms with Gasteiger partial charge in [-0.05, 0) is 83.4 Å². The second-order valence-corrected chi connectivity index (χ2v) is 10.7. The van der Waals surface area contributed by atoms with Gasteiger partial charge in [0.15, 0.2) is 0 Å². The van der Waals surface area contributed by atoms with Crippen molar-refractivity contribution in [2.75, 3.05) is 20.2 Å². The van der Waals surface area contributed by atoms with Crippen LogP contribution in [0.3, 0.4) is 0 Å². The molecule has 29 heavy (non-hydrogen) atoms. The lowest BCUT2D eigenvalue weighted by Gasteiger charge is -2.48. The molecule has 1 saturated carbocycles. The summed E-state index contributed by atoms with van der Waals surface area (Å²) in [6, 6.07) is 6.03. The normalized spacial score (nSPS) is 30.4. The Balaban J connectivity index is 1.87. The number of halogens is 2. The van der Waals surface area contributed by atoms with Gasteiger partial charge < -0.3 is 14.4 Å². The van der Waals surface area contributed by atoms with Gasteiger partial charge >= 0.3 is 6.09 Å². The van der Waals surface area contributed by atoms with Gasteiger partial charge in [-0.15, -0.1) is 0 Å². The van der Waals surface area contributed by atoms with E-state index in [4.69, 9.17) is 32.7 Å². The van der Waals surface area contributed by atoms with E-state index < -0.39 is 5.60 Å². The molecule has 0 spiro atoms. The Morgan fingerprint density at radius 3 is 2.34 bits per heavy atom. The minimum absolute atomic E-state index is 0.0387. The number of benzene rings is 1. The van der Waals surface area contributed by atoms with Gasteiger partial charge in [-0.2, -0.15) is 0 Å². The van der Waals surface area contributed by atoms with Gasteiger partial charge in [0.1, 0.15) is 5.60 Å². The summed E-state index contributed by atoms with van der Waals surface area (Å²) in [6.07, 6.45) is 4.70. The molecule has 1 aliphatic heterocycles. The van der Waals surface area contributed by atoms with E-state index in [1.54, 1.807) is 7.11 Å². The zero-order valence-electron chi connectivity index (χ0n) is 18.2. The summed E-state index contributed by atoms with van der Waals surface area (Å²) in [6.45, 7) is 9.34. The Morgan fingerprint density at radius 1 is 1.14 bits per heavy atom. The fraction of sp³-hybridized carbons (Fsp3) is 0.696. The van der Waals surface area contributed by atoms with Crippen LogP contribution < -0.4 is 0 Å². The summed E-state index contributed by atoms with van der Waals surface area (Å²) in [5, 5.41) is 1.16. The molecule has 2 fully saturated rings. The molecule has 1 aromatic carbocycles. The van der Waals surface area contributed by atoms with Crippen LogP contribution in [0.5, 0.6) is 0 Å². The molecule has 0 aromatic heterocycles. The molecule has 0 radical (unpaired) electrons. The average molecular weight is 442 g/mol. The number of ether oxygens (including phenoxy) is 2. The van der Waals surface area contributed by atoms with Gasteiger partial charge in [0, 0.05) is 25.6 Å². The van der Waals surface area contributed by atoms with Crippen molar-refractivity contribution >= 4 is 29.3 Å². The largest absolute Gasteiger partial charge is 0.444 e. The lowest BCUT2D eigenvalue weighted by Crippen LogP contribution is -2.46. The zero-order valence-corrected chi connectivity index (χ0v) is 19.7. The standard InChI is InChI=1S/C23H33Cl2NO3/c1-21(2,3)29-20(27)26-13-8-17(15-26)23(11-9-22(4,28-5)10-12-23)16-6-7-18(24)19(25)14-16/h6-7,14,17H,8-13,15H2,1-5H3/t17-,22-,23+/m1/s1. The van der Waals surface area contributed by atoms with Gasteiger partial charge in [-0.1, -0.05) is 29.3 Å². The van der Waals surface area contributed by atoms with Gasteiger partial charge in [0.05, 0.1) is 15.6 Å². The van der Waals surface area contributed by atoms with E-state index in [0.717, 1.165) is 38.6 Å². The Kier molecular flexibility index (Phi) is 6.48. The molecule has 1 saturated heterocycles. The first kappa shape index (κ1) is 22.7. The highest BCUT2D eigenvalue weighted by atomic mass is 35.5. The van der Waals surface area contributed by atoms with Crippen LogP contribution in [0.15, 0.2) is 18.2 Å².